The number of benzene rings is 2. The summed E-state index contributed by atoms with van der Waals surface area (Å²) >= 11 is 0. The van der Waals surface area contributed by atoms with Crippen molar-refractivity contribution in [3.8, 4) is 17.2 Å². The quantitative estimate of drug-likeness (QED) is 0.697. The number of halogens is 3. The number of carbonyl (C=O) groups excluding carboxylic acids is 1. The van der Waals surface area contributed by atoms with Crippen LogP contribution in [0.15, 0.2) is 47.4 Å². The highest BCUT2D eigenvalue weighted by molar-refractivity contribution is 7.89. The highest BCUT2D eigenvalue weighted by atomic mass is 32.2. The molecule has 0 saturated carbocycles. The van der Waals surface area contributed by atoms with Gasteiger partial charge >= 0.3 is 6.36 Å². The fourth-order valence-corrected chi connectivity index (χ4v) is 5.21. The van der Waals surface area contributed by atoms with Crippen LogP contribution >= 0.6 is 0 Å². The maximum atomic E-state index is 12.9. The van der Waals surface area contributed by atoms with Crippen molar-refractivity contribution in [2.24, 2.45) is 5.92 Å². The van der Waals surface area contributed by atoms with E-state index in [9.17, 15) is 26.4 Å². The van der Waals surface area contributed by atoms with E-state index in [-0.39, 0.29) is 36.7 Å². The molecule has 2 aromatic rings. The Bertz CT molecular complexity index is 1130. The van der Waals surface area contributed by atoms with Gasteiger partial charge in [0.1, 0.15) is 19.0 Å². The summed E-state index contributed by atoms with van der Waals surface area (Å²) in [5.41, 5.74) is 0.542. The van der Waals surface area contributed by atoms with Crippen LogP contribution in [0.4, 0.5) is 18.9 Å². The van der Waals surface area contributed by atoms with Gasteiger partial charge in [-0.2, -0.15) is 4.31 Å². The molecule has 2 heterocycles. The lowest BCUT2D eigenvalue weighted by atomic mass is 9.97. The molecule has 0 aromatic heterocycles. The third-order valence-corrected chi connectivity index (χ3v) is 7.21. The molecule has 12 heteroatoms. The Morgan fingerprint density at radius 3 is 2.42 bits per heavy atom. The standard InChI is InChI=1S/C21H21F3N2O6S/c22-21(23,24)32-16-2-1-3-17(13-16)33(28,29)26-8-6-14(7-9-26)20(27)25-15-4-5-18-19(12-15)31-11-10-30-18/h1-5,12-14H,6-11H2,(H,25,27). The number of hydrogen-bond donors (Lipinski definition) is 1. The largest absolute Gasteiger partial charge is 0.573 e. The first-order valence-corrected chi connectivity index (χ1v) is 11.6. The fraction of sp³-hybridized carbons (Fsp3) is 0.381. The summed E-state index contributed by atoms with van der Waals surface area (Å²) in [6.45, 7) is 1.00. The molecule has 2 aromatic carbocycles. The molecule has 33 heavy (non-hydrogen) atoms. The van der Waals surface area contributed by atoms with Gasteiger partial charge in [-0.15, -0.1) is 13.2 Å². The summed E-state index contributed by atoms with van der Waals surface area (Å²) in [7, 11) is -4.03. The molecule has 1 fully saturated rings. The number of anilines is 1. The van der Waals surface area contributed by atoms with Crippen molar-refractivity contribution in [1.29, 1.82) is 0 Å². The Balaban J connectivity index is 1.37. The van der Waals surface area contributed by atoms with Crippen LogP contribution in [0.3, 0.4) is 0 Å². The number of fused-ring (bicyclic) bond motifs is 1. The third-order valence-electron chi connectivity index (χ3n) is 5.31. The van der Waals surface area contributed by atoms with E-state index in [0.717, 1.165) is 16.4 Å². The number of rotatable bonds is 5. The average Bonchev–Trinajstić information content (AvgIpc) is 2.78. The Labute approximate surface area is 188 Å². The molecule has 1 amide bonds. The van der Waals surface area contributed by atoms with Crippen LogP contribution in [0.25, 0.3) is 0 Å². The van der Waals surface area contributed by atoms with Crippen LogP contribution < -0.4 is 19.5 Å². The zero-order chi connectivity index (χ0) is 23.6. The van der Waals surface area contributed by atoms with E-state index in [1.54, 1.807) is 18.2 Å². The molecule has 8 nitrogen and oxygen atoms in total. The molecule has 0 atom stereocenters. The molecule has 0 bridgehead atoms. The second-order valence-corrected chi connectivity index (χ2v) is 9.49. The number of piperidine rings is 1. The van der Waals surface area contributed by atoms with Crippen molar-refractivity contribution in [2.75, 3.05) is 31.6 Å². The van der Waals surface area contributed by atoms with Crippen LogP contribution in [0.2, 0.25) is 0 Å². The smallest absolute Gasteiger partial charge is 0.486 e. The van der Waals surface area contributed by atoms with Gasteiger partial charge in [-0.05, 0) is 37.1 Å². The molecule has 1 N–H and O–H groups in total. The monoisotopic (exact) mass is 486 g/mol. The zero-order valence-electron chi connectivity index (χ0n) is 17.3. The number of sulfonamides is 1. The second-order valence-electron chi connectivity index (χ2n) is 7.55. The molecule has 0 spiro atoms. The van der Waals surface area contributed by atoms with Crippen LogP contribution in [0, 0.1) is 5.92 Å². The molecule has 2 aliphatic rings. The molecular formula is C21H21F3N2O6S. The van der Waals surface area contributed by atoms with Gasteiger partial charge in [0.25, 0.3) is 0 Å². The molecule has 4 rings (SSSR count). The highest BCUT2D eigenvalue weighted by Crippen LogP contribution is 2.33. The van der Waals surface area contributed by atoms with E-state index in [0.29, 0.717) is 30.4 Å². The molecule has 1 saturated heterocycles. The van der Waals surface area contributed by atoms with E-state index < -0.39 is 28.1 Å². The number of alkyl halides is 3. The first kappa shape index (κ1) is 23.2. The van der Waals surface area contributed by atoms with E-state index in [1.807, 2.05) is 0 Å². The average molecular weight is 486 g/mol. The molecule has 2 aliphatic heterocycles. The summed E-state index contributed by atoms with van der Waals surface area (Å²) in [5, 5.41) is 2.81. The van der Waals surface area contributed by atoms with Crippen molar-refractivity contribution in [3.63, 3.8) is 0 Å². The minimum atomic E-state index is -4.93. The molecular weight excluding hydrogens is 465 g/mol. The lowest BCUT2D eigenvalue weighted by Gasteiger charge is -2.30. The fourth-order valence-electron chi connectivity index (χ4n) is 3.70. The lowest BCUT2D eigenvalue weighted by molar-refractivity contribution is -0.274. The minimum Gasteiger partial charge on any atom is -0.486 e. The highest BCUT2D eigenvalue weighted by Gasteiger charge is 2.34. The van der Waals surface area contributed by atoms with Crippen molar-refractivity contribution < 1.29 is 40.6 Å². The molecule has 0 unspecified atom stereocenters. The van der Waals surface area contributed by atoms with Gasteiger partial charge in [-0.1, -0.05) is 6.07 Å². The first-order valence-electron chi connectivity index (χ1n) is 10.2. The van der Waals surface area contributed by atoms with Gasteiger partial charge in [0, 0.05) is 36.8 Å². The zero-order valence-corrected chi connectivity index (χ0v) is 18.1. The van der Waals surface area contributed by atoms with E-state index >= 15 is 0 Å². The maximum Gasteiger partial charge on any atom is 0.573 e. The van der Waals surface area contributed by atoms with Gasteiger partial charge in [-0.3, -0.25) is 4.79 Å². The summed E-state index contributed by atoms with van der Waals surface area (Å²) in [5.74, 6) is -0.134. The number of nitrogens with one attached hydrogen (secondary N) is 1. The van der Waals surface area contributed by atoms with Gasteiger partial charge in [0.05, 0.1) is 4.90 Å². The van der Waals surface area contributed by atoms with Crippen molar-refractivity contribution in [2.45, 2.75) is 24.1 Å². The minimum absolute atomic E-state index is 0.0614. The summed E-state index contributed by atoms with van der Waals surface area (Å²) < 4.78 is 79.0. The number of amides is 1. The normalized spacial score (nSPS) is 17.4. The van der Waals surface area contributed by atoms with Crippen LogP contribution in [-0.2, 0) is 14.8 Å². The molecule has 0 radical (unpaired) electrons. The predicted octanol–water partition coefficient (Wildman–Crippen LogP) is 3.40. The van der Waals surface area contributed by atoms with Crippen LogP contribution in [-0.4, -0.2) is 51.3 Å². The predicted molar refractivity (Wildman–Crippen MR) is 111 cm³/mol. The second kappa shape index (κ2) is 9.10. The van der Waals surface area contributed by atoms with Crippen LogP contribution in [0.1, 0.15) is 12.8 Å². The van der Waals surface area contributed by atoms with Crippen LogP contribution in [0.5, 0.6) is 17.2 Å². The van der Waals surface area contributed by atoms with Crippen molar-refractivity contribution in [1.82, 2.24) is 4.31 Å². The SMILES string of the molecule is O=C(Nc1ccc2c(c1)OCCO2)C1CCN(S(=O)(=O)c2cccc(OC(F)(F)F)c2)CC1. The number of carbonyl (C=O) groups is 1. The Morgan fingerprint density at radius 2 is 1.73 bits per heavy atom. The number of hydrogen-bond acceptors (Lipinski definition) is 6. The third kappa shape index (κ3) is 5.50. The summed E-state index contributed by atoms with van der Waals surface area (Å²) in [6.07, 6.45) is -4.38. The number of ether oxygens (including phenoxy) is 3. The van der Waals surface area contributed by atoms with Gasteiger partial charge in [-0.25, -0.2) is 8.42 Å². The topological polar surface area (TPSA) is 94.2 Å². The maximum absolute atomic E-state index is 12.9. The van der Waals surface area contributed by atoms with E-state index in [2.05, 4.69) is 10.1 Å². The van der Waals surface area contributed by atoms with Gasteiger partial charge in [0.2, 0.25) is 15.9 Å². The Hall–Kier alpha value is -2.99. The summed E-state index contributed by atoms with van der Waals surface area (Å²) in [6, 6.07) is 9.32. The van der Waals surface area contributed by atoms with Crippen molar-refractivity contribution in [3.05, 3.63) is 42.5 Å². The van der Waals surface area contributed by atoms with E-state index in [1.165, 1.54) is 12.1 Å². The van der Waals surface area contributed by atoms with Gasteiger partial charge in [0.15, 0.2) is 11.5 Å². The summed E-state index contributed by atoms with van der Waals surface area (Å²) in [4.78, 5) is 12.4. The Kier molecular flexibility index (Phi) is 6.39. The van der Waals surface area contributed by atoms with Crippen molar-refractivity contribution >= 4 is 21.6 Å². The first-order chi connectivity index (χ1) is 15.6. The molecule has 0 aliphatic carbocycles. The lowest BCUT2D eigenvalue weighted by Crippen LogP contribution is -2.41. The number of nitrogens with zero attached hydrogens (tertiary/aromatic N) is 1. The Morgan fingerprint density at radius 1 is 1.03 bits per heavy atom. The van der Waals surface area contributed by atoms with Gasteiger partial charge < -0.3 is 19.5 Å². The van der Waals surface area contributed by atoms with E-state index in [4.69, 9.17) is 9.47 Å². The molecule has 178 valence electrons.